The Balaban J connectivity index is 1.79. The summed E-state index contributed by atoms with van der Waals surface area (Å²) >= 11 is 1.89. The Bertz CT molecular complexity index is 2060. The van der Waals surface area contributed by atoms with Gasteiger partial charge in [0.15, 0.2) is 0 Å². The van der Waals surface area contributed by atoms with E-state index < -0.39 is 0 Å². The molecule has 3 heteroatoms. The lowest BCUT2D eigenvalue weighted by molar-refractivity contribution is 1.09. The molecule has 5 aromatic carbocycles. The van der Waals surface area contributed by atoms with Crippen molar-refractivity contribution in [3.63, 3.8) is 0 Å². The van der Waals surface area contributed by atoms with E-state index in [0.29, 0.717) is 0 Å². The molecule has 8 rings (SSSR count). The van der Waals surface area contributed by atoms with Gasteiger partial charge in [-0.3, -0.25) is 4.57 Å². The van der Waals surface area contributed by atoms with E-state index in [1.54, 1.807) is 0 Å². The minimum absolute atomic E-state index is 0.952. The zero-order valence-electron chi connectivity index (χ0n) is 18.2. The Kier molecular flexibility index (Phi) is 3.57. The molecule has 0 unspecified atom stereocenters. The highest BCUT2D eigenvalue weighted by molar-refractivity contribution is 7.27. The Morgan fingerprint density at radius 3 is 2.06 bits per heavy atom. The minimum Gasteiger partial charge on any atom is -0.292 e. The number of thiophene rings is 1. The van der Waals surface area contributed by atoms with E-state index in [4.69, 9.17) is 4.98 Å². The van der Waals surface area contributed by atoms with Crippen LogP contribution >= 0.6 is 11.3 Å². The lowest BCUT2D eigenvalue weighted by atomic mass is 9.98. The summed E-state index contributed by atoms with van der Waals surface area (Å²) in [6, 6.07) is 37.1. The van der Waals surface area contributed by atoms with E-state index in [9.17, 15) is 0 Å². The molecule has 0 fully saturated rings. The fraction of sp³-hybridized carbons (Fsp3) is 0. The quantitative estimate of drug-likeness (QED) is 0.244. The zero-order valence-corrected chi connectivity index (χ0v) is 19.0. The van der Waals surface area contributed by atoms with Crippen LogP contribution in [0.25, 0.3) is 69.3 Å². The van der Waals surface area contributed by atoms with Gasteiger partial charge in [0.25, 0.3) is 0 Å². The molecule has 0 radical (unpaired) electrons. The lowest BCUT2D eigenvalue weighted by Gasteiger charge is -2.10. The first-order chi connectivity index (χ1) is 16.9. The highest BCUT2D eigenvalue weighted by atomic mass is 32.1. The third-order valence-corrected chi connectivity index (χ3v) is 8.19. The number of hydrogen-bond donors (Lipinski definition) is 0. The standard InChI is InChI=1S/C31H18N2S/c1-2-10-20-19(9-1)16-17-24-27-21-11-3-4-12-22(21)28-23-13-5-6-14-25(23)34-31(28)30(27)33(29(20)24)26-15-7-8-18-32-26/h1-18H. The van der Waals surface area contributed by atoms with E-state index >= 15 is 0 Å². The maximum absolute atomic E-state index is 4.84. The first kappa shape index (κ1) is 18.2. The molecule has 8 aromatic rings. The monoisotopic (exact) mass is 450 g/mol. The van der Waals surface area contributed by atoms with Crippen molar-refractivity contribution in [3.8, 4) is 5.82 Å². The Morgan fingerprint density at radius 2 is 1.24 bits per heavy atom. The van der Waals surface area contributed by atoms with Crippen LogP contribution in [0.4, 0.5) is 0 Å². The predicted molar refractivity (Wildman–Crippen MR) is 146 cm³/mol. The van der Waals surface area contributed by atoms with Crippen LogP contribution in [-0.2, 0) is 0 Å². The second-order valence-electron chi connectivity index (χ2n) is 8.78. The van der Waals surface area contributed by atoms with Crippen LogP contribution in [0.15, 0.2) is 109 Å². The third-order valence-electron chi connectivity index (χ3n) is 7.01. The van der Waals surface area contributed by atoms with E-state index in [-0.39, 0.29) is 0 Å². The SMILES string of the molecule is c1ccc(-n2c3c4ccccc4ccc3c3c4ccccc4c4c5ccccc5sc4c32)nc1. The van der Waals surface area contributed by atoms with Crippen LogP contribution in [0.5, 0.6) is 0 Å². The number of benzene rings is 5. The smallest absolute Gasteiger partial charge is 0.137 e. The summed E-state index contributed by atoms with van der Waals surface area (Å²) in [4.78, 5) is 4.84. The van der Waals surface area contributed by atoms with Gasteiger partial charge < -0.3 is 0 Å². The summed E-state index contributed by atoms with van der Waals surface area (Å²) in [6.07, 6.45) is 1.89. The topological polar surface area (TPSA) is 17.8 Å². The van der Waals surface area contributed by atoms with Crippen molar-refractivity contribution in [1.82, 2.24) is 9.55 Å². The van der Waals surface area contributed by atoms with Crippen molar-refractivity contribution in [2.45, 2.75) is 0 Å². The molecular weight excluding hydrogens is 432 g/mol. The summed E-state index contributed by atoms with van der Waals surface area (Å²) in [6.45, 7) is 0. The summed E-state index contributed by atoms with van der Waals surface area (Å²) in [7, 11) is 0. The molecule has 0 spiro atoms. The first-order valence-electron chi connectivity index (χ1n) is 11.5. The van der Waals surface area contributed by atoms with Crippen LogP contribution in [0.1, 0.15) is 0 Å². The molecule has 0 atom stereocenters. The molecule has 2 nitrogen and oxygen atoms in total. The molecule has 0 N–H and O–H groups in total. The second kappa shape index (κ2) is 6.66. The summed E-state index contributed by atoms with van der Waals surface area (Å²) in [5.74, 6) is 0.952. The molecule has 0 aliphatic heterocycles. The first-order valence-corrected chi connectivity index (χ1v) is 12.3. The third kappa shape index (κ3) is 2.27. The second-order valence-corrected chi connectivity index (χ2v) is 9.83. The van der Waals surface area contributed by atoms with Gasteiger partial charge >= 0.3 is 0 Å². The molecule has 0 amide bonds. The van der Waals surface area contributed by atoms with Gasteiger partial charge in [0.2, 0.25) is 0 Å². The predicted octanol–water partition coefficient (Wildman–Crippen LogP) is 8.85. The maximum atomic E-state index is 4.84. The highest BCUT2D eigenvalue weighted by Gasteiger charge is 2.22. The van der Waals surface area contributed by atoms with E-state index in [0.717, 1.165) is 5.82 Å². The molecule has 0 aliphatic rings. The summed E-state index contributed by atoms with van der Waals surface area (Å²) in [5, 5.41) is 10.3. The van der Waals surface area contributed by atoms with Gasteiger partial charge in [-0.15, -0.1) is 11.3 Å². The largest absolute Gasteiger partial charge is 0.292 e. The van der Waals surface area contributed by atoms with Gasteiger partial charge in [-0.05, 0) is 34.4 Å². The number of pyridine rings is 1. The van der Waals surface area contributed by atoms with Crippen molar-refractivity contribution in [2.24, 2.45) is 0 Å². The Hall–Kier alpha value is -4.21. The van der Waals surface area contributed by atoms with E-state index in [1.807, 2.05) is 23.6 Å². The Morgan fingerprint density at radius 1 is 0.529 bits per heavy atom. The molecule has 0 bridgehead atoms. The molecule has 3 aromatic heterocycles. The fourth-order valence-corrected chi connectivity index (χ4v) is 6.91. The maximum Gasteiger partial charge on any atom is 0.137 e. The van der Waals surface area contributed by atoms with E-state index in [1.165, 1.54) is 63.5 Å². The van der Waals surface area contributed by atoms with Crippen LogP contribution < -0.4 is 0 Å². The molecule has 0 saturated carbocycles. The minimum atomic E-state index is 0.952. The number of hydrogen-bond acceptors (Lipinski definition) is 2. The number of rotatable bonds is 1. The van der Waals surface area contributed by atoms with E-state index in [2.05, 4.69) is 102 Å². The van der Waals surface area contributed by atoms with Crippen molar-refractivity contribution in [2.75, 3.05) is 0 Å². The normalized spacial score (nSPS) is 12.1. The molecule has 0 aliphatic carbocycles. The molecule has 0 saturated heterocycles. The zero-order chi connectivity index (χ0) is 22.2. The number of fused-ring (bicyclic) bond motifs is 12. The Labute approximate surface area is 199 Å². The number of aromatic nitrogens is 2. The van der Waals surface area contributed by atoms with Gasteiger partial charge in [0.1, 0.15) is 5.82 Å². The molecular formula is C31H18N2S. The van der Waals surface area contributed by atoms with Crippen molar-refractivity contribution in [1.29, 1.82) is 0 Å². The molecule has 158 valence electrons. The summed E-state index contributed by atoms with van der Waals surface area (Å²) in [5.41, 5.74) is 2.47. The van der Waals surface area contributed by atoms with Crippen LogP contribution in [-0.4, -0.2) is 9.55 Å². The highest BCUT2D eigenvalue weighted by Crippen LogP contribution is 2.48. The molecule has 34 heavy (non-hydrogen) atoms. The van der Waals surface area contributed by atoms with Gasteiger partial charge in [-0.25, -0.2) is 4.98 Å². The number of nitrogens with zero attached hydrogens (tertiary/aromatic N) is 2. The average molecular weight is 451 g/mol. The lowest BCUT2D eigenvalue weighted by Crippen LogP contribution is -1.97. The van der Waals surface area contributed by atoms with Crippen molar-refractivity contribution < 1.29 is 0 Å². The fourth-order valence-electron chi connectivity index (χ4n) is 5.65. The van der Waals surface area contributed by atoms with Crippen LogP contribution in [0.2, 0.25) is 0 Å². The van der Waals surface area contributed by atoms with Gasteiger partial charge in [-0.2, -0.15) is 0 Å². The van der Waals surface area contributed by atoms with Crippen LogP contribution in [0, 0.1) is 0 Å². The van der Waals surface area contributed by atoms with Gasteiger partial charge in [0.05, 0.1) is 15.7 Å². The van der Waals surface area contributed by atoms with Crippen LogP contribution in [0.3, 0.4) is 0 Å². The summed E-state index contributed by atoms with van der Waals surface area (Å²) < 4.78 is 5.04. The molecule has 3 heterocycles. The van der Waals surface area contributed by atoms with Crippen molar-refractivity contribution in [3.05, 3.63) is 109 Å². The van der Waals surface area contributed by atoms with Gasteiger partial charge in [-0.1, -0.05) is 84.9 Å². The van der Waals surface area contributed by atoms with Gasteiger partial charge in [0, 0.05) is 37.8 Å². The van der Waals surface area contributed by atoms with Crippen molar-refractivity contribution >= 4 is 74.9 Å². The average Bonchev–Trinajstić information content (AvgIpc) is 3.46.